The maximum Gasteiger partial charge on any atom is 3.00 e. The van der Waals surface area contributed by atoms with E-state index < -0.39 is 0 Å². The van der Waals surface area contributed by atoms with Crippen LogP contribution in [-0.2, 0) is 16.4 Å². The molecule has 0 rings (SSSR count). The fourth-order valence-corrected chi connectivity index (χ4v) is 0. The second-order valence-corrected chi connectivity index (χ2v) is 0. The molecule has 0 saturated heterocycles. The molecule has 32 valence electrons. The summed E-state index contributed by atoms with van der Waals surface area (Å²) in [6.07, 6.45) is 0. The molecule has 3 nitrogen and oxygen atoms in total. The van der Waals surface area contributed by atoms with Crippen molar-refractivity contribution in [1.29, 1.82) is 0 Å². The molecule has 6 heavy (non-hydrogen) atoms. The molecule has 0 unspecified atom stereocenters. The van der Waals surface area contributed by atoms with Crippen molar-refractivity contribution < 1.29 is 16.4 Å². The largest absolute Gasteiger partial charge is 3.00 e. The molecule has 6 heteroatoms. The van der Waals surface area contributed by atoms with Gasteiger partial charge in [0.1, 0.15) is 0 Å². The van der Waals surface area contributed by atoms with Crippen molar-refractivity contribution in [2.24, 2.45) is 0 Å². The van der Waals surface area contributed by atoms with E-state index in [1.54, 1.807) is 0 Å². The van der Waals surface area contributed by atoms with Crippen molar-refractivity contribution in [3.8, 4) is 0 Å². The molecule has 0 bridgehead atoms. The zero-order valence-corrected chi connectivity index (χ0v) is 4.69. The minimum atomic E-state index is 0. The van der Waals surface area contributed by atoms with E-state index in [1.165, 1.54) is 0 Å². The predicted molar refractivity (Wildman–Crippen MR) is 24.9 cm³/mol. The molecule has 0 aromatic rings. The van der Waals surface area contributed by atoms with E-state index in [9.17, 15) is 0 Å². The third-order valence-electron chi connectivity index (χ3n) is 0. The molecule has 0 aliphatic rings. The van der Waals surface area contributed by atoms with Crippen LogP contribution in [0, 0.1) is 0 Å². The molecule has 0 radical (unpaired) electrons. The molecular weight excluding hydrogens is 130 g/mol. The summed E-state index contributed by atoms with van der Waals surface area (Å²) >= 11 is 0. The number of rotatable bonds is 0. The fourth-order valence-electron chi connectivity index (χ4n) is 0. The zero-order valence-electron chi connectivity index (χ0n) is 2.38. The van der Waals surface area contributed by atoms with Gasteiger partial charge in [-0.05, 0) is 11.0 Å². The van der Waals surface area contributed by atoms with Crippen LogP contribution in [0.3, 0.4) is 0 Å². The third-order valence-corrected chi connectivity index (χ3v) is 0. The molecule has 0 atom stereocenters. The Hall–Kier alpha value is 1.16. The summed E-state index contributed by atoms with van der Waals surface area (Å²) in [4.78, 5) is 0. The number of hydrogen-bond donors (Lipinski definition) is 0. The molecule has 0 fully saturated rings. The first-order valence-electron chi connectivity index (χ1n) is 0. The summed E-state index contributed by atoms with van der Waals surface area (Å²) in [6.45, 7) is 0. The van der Waals surface area contributed by atoms with Crippen molar-refractivity contribution in [3.63, 3.8) is 0 Å². The van der Waals surface area contributed by atoms with Crippen molar-refractivity contribution in [3.05, 3.63) is 0 Å². The van der Waals surface area contributed by atoms with Crippen LogP contribution in [0.15, 0.2) is 0 Å². The smallest absolute Gasteiger partial charge is 2.00 e. The Morgan fingerprint density at radius 2 is 0.500 bits per heavy atom. The van der Waals surface area contributed by atoms with Gasteiger partial charge in [-0.3, -0.25) is 0 Å². The van der Waals surface area contributed by atoms with Crippen molar-refractivity contribution >= 4 is 45.7 Å². The molecule has 0 saturated carbocycles. The van der Waals surface area contributed by atoms with Crippen LogP contribution >= 0.6 is 0 Å². The molecule has 0 N–H and O–H groups in total. The summed E-state index contributed by atoms with van der Waals surface area (Å²) in [5.74, 6) is 0. The molecule has 0 aliphatic heterocycles. The summed E-state index contributed by atoms with van der Waals surface area (Å²) < 4.78 is 0. The van der Waals surface area contributed by atoms with E-state index in [0.717, 1.165) is 0 Å². The van der Waals surface area contributed by atoms with E-state index >= 15 is 0 Å². The Morgan fingerprint density at radius 1 is 0.500 bits per heavy atom. The quantitative estimate of drug-likeness (QED) is 0.326. The Kier molecular flexibility index (Phi) is 4080. The first-order chi connectivity index (χ1) is 0. The SMILES string of the molecule is [Al+3].[Al+3].[O-2].[O-2].[O-2].[SiH4]. The van der Waals surface area contributed by atoms with Gasteiger partial charge in [0.25, 0.3) is 0 Å². The summed E-state index contributed by atoms with van der Waals surface area (Å²) in [5, 5.41) is 0. The fraction of sp³-hybridized carbons (Fsp3) is 0. The Bertz CT molecular complexity index is 8.75. The molecule has 0 amide bonds. The normalized spacial score (nSPS) is 0. The van der Waals surface area contributed by atoms with Gasteiger partial charge in [0, 0.05) is 0 Å². The van der Waals surface area contributed by atoms with Gasteiger partial charge in [-0.15, -0.1) is 0 Å². The van der Waals surface area contributed by atoms with Gasteiger partial charge in [-0.2, -0.15) is 0 Å². The first-order valence-corrected chi connectivity index (χ1v) is 0. The van der Waals surface area contributed by atoms with Gasteiger partial charge in [0.2, 0.25) is 0 Å². The average Bonchev–Trinajstić information content (AvgIpc) is 0. The van der Waals surface area contributed by atoms with Crippen LogP contribution in [-0.4, -0.2) is 45.7 Å². The Labute approximate surface area is 62.3 Å². The second-order valence-electron chi connectivity index (χ2n) is 0. The minimum Gasteiger partial charge on any atom is -2.00 e. The summed E-state index contributed by atoms with van der Waals surface area (Å²) in [5.41, 5.74) is 0. The molecule has 0 aromatic carbocycles. The number of hydrogen-bond acceptors (Lipinski definition) is 0. The van der Waals surface area contributed by atoms with Crippen LogP contribution in [0.2, 0.25) is 0 Å². The first kappa shape index (κ1) is 201. The van der Waals surface area contributed by atoms with Crippen LogP contribution < -0.4 is 0 Å². The molecule has 0 aromatic heterocycles. The van der Waals surface area contributed by atoms with Crippen LogP contribution in [0.25, 0.3) is 0 Å². The van der Waals surface area contributed by atoms with Crippen LogP contribution in [0.5, 0.6) is 0 Å². The van der Waals surface area contributed by atoms with Gasteiger partial charge in [0.15, 0.2) is 0 Å². The van der Waals surface area contributed by atoms with Crippen LogP contribution in [0.4, 0.5) is 0 Å². The predicted octanol–water partition coefficient (Wildman–Crippen LogP) is -2.57. The Morgan fingerprint density at radius 3 is 0.500 bits per heavy atom. The van der Waals surface area contributed by atoms with E-state index in [1.807, 2.05) is 0 Å². The summed E-state index contributed by atoms with van der Waals surface area (Å²) in [6, 6.07) is 0. The van der Waals surface area contributed by atoms with E-state index in [0.29, 0.717) is 0 Å². The second kappa shape index (κ2) is 122. The van der Waals surface area contributed by atoms with Gasteiger partial charge < -0.3 is 16.4 Å². The Balaban J connectivity index is 0. The minimum absolute atomic E-state index is 0. The van der Waals surface area contributed by atoms with Crippen molar-refractivity contribution in [1.82, 2.24) is 0 Å². The maximum absolute atomic E-state index is 0. The van der Waals surface area contributed by atoms with Crippen molar-refractivity contribution in [2.75, 3.05) is 0 Å². The van der Waals surface area contributed by atoms with E-state index in [4.69, 9.17) is 0 Å². The molecule has 0 aliphatic carbocycles. The monoisotopic (exact) mass is 134 g/mol. The zero-order chi connectivity index (χ0) is 0. The molecule has 0 spiro atoms. The van der Waals surface area contributed by atoms with Crippen molar-refractivity contribution in [2.45, 2.75) is 0 Å². The maximum atomic E-state index is 0. The third kappa shape index (κ3) is 66.2. The average molecular weight is 134 g/mol. The van der Waals surface area contributed by atoms with E-state index in [-0.39, 0.29) is 62.1 Å². The van der Waals surface area contributed by atoms with Gasteiger partial charge in [0.05, 0.1) is 0 Å². The summed E-state index contributed by atoms with van der Waals surface area (Å²) in [7, 11) is 0. The standard InChI is InChI=1S/2Al.3O.H4Si/h;;;;;1H4/q2*+3;3*-2;. The van der Waals surface area contributed by atoms with Gasteiger partial charge >= 0.3 is 34.7 Å². The van der Waals surface area contributed by atoms with Gasteiger partial charge in [-0.25, -0.2) is 0 Å². The van der Waals surface area contributed by atoms with Crippen LogP contribution in [0.1, 0.15) is 0 Å². The van der Waals surface area contributed by atoms with Gasteiger partial charge in [-0.1, -0.05) is 0 Å². The molecule has 0 heterocycles. The van der Waals surface area contributed by atoms with E-state index in [2.05, 4.69) is 0 Å². The topological polar surface area (TPSA) is 85.5 Å². The molecular formula is H4Al2O3Si.